The number of hydrogen-bond acceptors (Lipinski definition) is 5. The first-order valence-corrected chi connectivity index (χ1v) is 2.72. The summed E-state index contributed by atoms with van der Waals surface area (Å²) in [6, 6.07) is 1.17. The first kappa shape index (κ1) is 7.32. The lowest BCUT2D eigenvalue weighted by Gasteiger charge is -1.83. The molecule has 0 unspecified atom stereocenters. The molecule has 7 nitrogen and oxygen atoms in total. The van der Waals surface area contributed by atoms with Crippen molar-refractivity contribution in [2.45, 2.75) is 6.54 Å². The van der Waals surface area contributed by atoms with Crippen molar-refractivity contribution in [2.24, 2.45) is 5.18 Å². The molecular weight excluding hydrogens is 152 g/mol. The fraction of sp³-hybridized carbons (Fsp3) is 0.250. The van der Waals surface area contributed by atoms with Crippen LogP contribution in [0.4, 0.5) is 5.82 Å². The molecule has 0 spiro atoms. The number of nitro groups is 1. The molecule has 11 heavy (non-hydrogen) atoms. The maximum atomic E-state index is 10.0. The highest BCUT2D eigenvalue weighted by molar-refractivity contribution is 5.20. The predicted octanol–water partition coefficient (Wildman–Crippen LogP) is 0.584. The summed E-state index contributed by atoms with van der Waals surface area (Å²) in [5, 5.41) is 18.2. The SMILES string of the molecule is O=NCc1cc([N+](=O)[O-])[nH]n1. The molecule has 1 rings (SSSR count). The quantitative estimate of drug-likeness (QED) is 0.393. The van der Waals surface area contributed by atoms with Gasteiger partial charge in [-0.25, -0.2) is 0 Å². The molecule has 7 heteroatoms. The van der Waals surface area contributed by atoms with E-state index in [1.165, 1.54) is 6.07 Å². The fourth-order valence-electron chi connectivity index (χ4n) is 0.592. The first-order valence-electron chi connectivity index (χ1n) is 2.72. The summed E-state index contributed by atoms with van der Waals surface area (Å²) in [4.78, 5) is 19.1. The Bertz CT molecular complexity index is 281. The highest BCUT2D eigenvalue weighted by atomic mass is 16.6. The van der Waals surface area contributed by atoms with E-state index in [2.05, 4.69) is 15.4 Å². The average molecular weight is 156 g/mol. The molecule has 0 fully saturated rings. The molecule has 1 aromatic heterocycles. The van der Waals surface area contributed by atoms with E-state index in [4.69, 9.17) is 0 Å². The number of aromatic amines is 1. The fourth-order valence-corrected chi connectivity index (χ4v) is 0.592. The normalized spacial score (nSPS) is 9.45. The van der Waals surface area contributed by atoms with Crippen molar-refractivity contribution in [3.8, 4) is 0 Å². The average Bonchev–Trinajstić information content (AvgIpc) is 2.37. The Balaban J connectivity index is 2.81. The molecule has 0 bridgehead atoms. The molecule has 0 aliphatic rings. The standard InChI is InChI=1S/C4H4N4O3/c9-5-2-3-1-4(7-6-3)8(10)11/h1H,2H2,(H,6,7). The summed E-state index contributed by atoms with van der Waals surface area (Å²) in [7, 11) is 0. The zero-order valence-electron chi connectivity index (χ0n) is 5.35. The van der Waals surface area contributed by atoms with Gasteiger partial charge in [0.1, 0.15) is 12.2 Å². The van der Waals surface area contributed by atoms with Crippen LogP contribution < -0.4 is 0 Å². The number of nitrogens with zero attached hydrogens (tertiary/aromatic N) is 3. The van der Waals surface area contributed by atoms with E-state index in [1.54, 1.807) is 0 Å². The zero-order chi connectivity index (χ0) is 8.27. The Morgan fingerprint density at radius 1 is 1.82 bits per heavy atom. The van der Waals surface area contributed by atoms with E-state index in [0.29, 0.717) is 0 Å². The van der Waals surface area contributed by atoms with Gasteiger partial charge in [-0.05, 0) is 4.92 Å². The lowest BCUT2D eigenvalue weighted by molar-refractivity contribution is -0.389. The molecule has 0 saturated heterocycles. The van der Waals surface area contributed by atoms with Gasteiger partial charge in [-0.1, -0.05) is 10.3 Å². The molecule has 0 radical (unpaired) electrons. The Labute approximate surface area is 60.5 Å². The zero-order valence-corrected chi connectivity index (χ0v) is 5.35. The minimum atomic E-state index is -0.624. The summed E-state index contributed by atoms with van der Waals surface area (Å²) in [5.74, 6) is -0.233. The van der Waals surface area contributed by atoms with E-state index in [9.17, 15) is 15.0 Å². The van der Waals surface area contributed by atoms with Gasteiger partial charge in [0.15, 0.2) is 0 Å². The second-order valence-electron chi connectivity index (χ2n) is 1.79. The highest BCUT2D eigenvalue weighted by Crippen LogP contribution is 2.07. The maximum Gasteiger partial charge on any atom is 0.342 e. The van der Waals surface area contributed by atoms with Crippen molar-refractivity contribution in [3.63, 3.8) is 0 Å². The van der Waals surface area contributed by atoms with Crippen LogP contribution >= 0.6 is 0 Å². The summed E-state index contributed by atoms with van der Waals surface area (Å²) < 4.78 is 0. The molecule has 0 saturated carbocycles. The van der Waals surface area contributed by atoms with Crippen molar-refractivity contribution in [3.05, 3.63) is 26.8 Å². The van der Waals surface area contributed by atoms with E-state index < -0.39 is 4.92 Å². The van der Waals surface area contributed by atoms with E-state index in [1.807, 2.05) is 0 Å². The second kappa shape index (κ2) is 2.86. The Morgan fingerprint density at radius 3 is 3.00 bits per heavy atom. The Hall–Kier alpha value is -1.79. The Kier molecular flexibility index (Phi) is 1.90. The molecule has 0 amide bonds. The summed E-state index contributed by atoms with van der Waals surface area (Å²) in [5.41, 5.74) is 0.270. The number of aromatic nitrogens is 2. The molecular formula is C4H4N4O3. The second-order valence-corrected chi connectivity index (χ2v) is 1.79. The van der Waals surface area contributed by atoms with Crippen molar-refractivity contribution in [2.75, 3.05) is 0 Å². The van der Waals surface area contributed by atoms with Crippen LogP contribution in [0.15, 0.2) is 11.2 Å². The molecule has 1 N–H and O–H groups in total. The molecule has 0 aromatic carbocycles. The van der Waals surface area contributed by atoms with E-state index >= 15 is 0 Å². The largest absolute Gasteiger partial charge is 0.358 e. The van der Waals surface area contributed by atoms with Gasteiger partial charge < -0.3 is 10.1 Å². The molecule has 1 aromatic rings. The third-order valence-electron chi connectivity index (χ3n) is 1.04. The van der Waals surface area contributed by atoms with Crippen LogP contribution in [-0.2, 0) is 6.54 Å². The lowest BCUT2D eigenvalue weighted by Crippen LogP contribution is -1.86. The van der Waals surface area contributed by atoms with E-state index in [-0.39, 0.29) is 18.1 Å². The van der Waals surface area contributed by atoms with Crippen LogP contribution in [0.2, 0.25) is 0 Å². The van der Waals surface area contributed by atoms with Crippen LogP contribution in [0.1, 0.15) is 5.69 Å². The third-order valence-corrected chi connectivity index (χ3v) is 1.04. The lowest BCUT2D eigenvalue weighted by atomic mass is 10.4. The maximum absolute atomic E-state index is 10.0. The number of H-pyrrole nitrogens is 1. The minimum absolute atomic E-state index is 0.148. The van der Waals surface area contributed by atoms with Gasteiger partial charge in [0, 0.05) is 0 Å². The van der Waals surface area contributed by atoms with Gasteiger partial charge in [-0.2, -0.15) is 4.91 Å². The predicted molar refractivity (Wildman–Crippen MR) is 34.7 cm³/mol. The van der Waals surface area contributed by atoms with Gasteiger partial charge in [0.25, 0.3) is 0 Å². The number of rotatable bonds is 3. The number of nitroso groups, excluding NO2 is 1. The van der Waals surface area contributed by atoms with Gasteiger partial charge >= 0.3 is 5.82 Å². The van der Waals surface area contributed by atoms with Crippen molar-refractivity contribution < 1.29 is 4.92 Å². The smallest absolute Gasteiger partial charge is 0.342 e. The third kappa shape index (κ3) is 1.57. The molecule has 1 heterocycles. The molecule has 0 atom stereocenters. The van der Waals surface area contributed by atoms with Gasteiger partial charge in [0.2, 0.25) is 0 Å². The molecule has 0 aliphatic heterocycles. The number of hydrogen-bond donors (Lipinski definition) is 1. The van der Waals surface area contributed by atoms with Gasteiger partial charge in [-0.15, -0.1) is 5.10 Å². The van der Waals surface area contributed by atoms with Crippen LogP contribution in [0.5, 0.6) is 0 Å². The minimum Gasteiger partial charge on any atom is -0.358 e. The van der Waals surface area contributed by atoms with Gasteiger partial charge in [0.05, 0.1) is 6.07 Å². The Morgan fingerprint density at radius 2 is 2.55 bits per heavy atom. The van der Waals surface area contributed by atoms with Crippen molar-refractivity contribution >= 4 is 5.82 Å². The summed E-state index contributed by atoms with van der Waals surface area (Å²) in [6.07, 6.45) is 0. The van der Waals surface area contributed by atoms with Crippen molar-refractivity contribution in [1.82, 2.24) is 10.2 Å². The molecule has 0 aliphatic carbocycles. The number of nitrogens with one attached hydrogen (secondary N) is 1. The topological polar surface area (TPSA) is 101 Å². The summed E-state index contributed by atoms with van der Waals surface area (Å²) >= 11 is 0. The van der Waals surface area contributed by atoms with Crippen LogP contribution in [0.25, 0.3) is 0 Å². The van der Waals surface area contributed by atoms with E-state index in [0.717, 1.165) is 0 Å². The monoisotopic (exact) mass is 156 g/mol. The van der Waals surface area contributed by atoms with Gasteiger partial charge in [-0.3, -0.25) is 0 Å². The first-order chi connectivity index (χ1) is 5.24. The summed E-state index contributed by atoms with van der Waals surface area (Å²) in [6.45, 7) is -0.148. The van der Waals surface area contributed by atoms with Crippen molar-refractivity contribution in [1.29, 1.82) is 0 Å². The highest BCUT2D eigenvalue weighted by Gasteiger charge is 2.08. The van der Waals surface area contributed by atoms with Crippen LogP contribution in [0.3, 0.4) is 0 Å². The van der Waals surface area contributed by atoms with Crippen LogP contribution in [-0.4, -0.2) is 15.1 Å². The molecule has 58 valence electrons. The van der Waals surface area contributed by atoms with Crippen LogP contribution in [0, 0.1) is 15.0 Å².